The van der Waals surface area contributed by atoms with Crippen molar-refractivity contribution in [1.29, 1.82) is 0 Å². The molecule has 2 aromatic heterocycles. The maximum Gasteiger partial charge on any atom is 0.221 e. The van der Waals surface area contributed by atoms with E-state index in [4.69, 9.17) is 4.42 Å². The van der Waals surface area contributed by atoms with Gasteiger partial charge in [0.15, 0.2) is 0 Å². The van der Waals surface area contributed by atoms with E-state index in [0.717, 1.165) is 36.3 Å². The van der Waals surface area contributed by atoms with Gasteiger partial charge in [0.25, 0.3) is 0 Å². The van der Waals surface area contributed by atoms with Crippen LogP contribution in [0, 0.1) is 0 Å². The molecule has 1 aliphatic heterocycles. The van der Waals surface area contributed by atoms with Gasteiger partial charge in [0.05, 0.1) is 12.3 Å². The maximum atomic E-state index is 6.01. The second kappa shape index (κ2) is 5.74. The van der Waals surface area contributed by atoms with Gasteiger partial charge in [0, 0.05) is 29.7 Å². The van der Waals surface area contributed by atoms with Crippen LogP contribution in [0.15, 0.2) is 34.9 Å². The zero-order valence-electron chi connectivity index (χ0n) is 13.7. The summed E-state index contributed by atoms with van der Waals surface area (Å²) in [4.78, 5) is 5.91. The van der Waals surface area contributed by atoms with Crippen molar-refractivity contribution in [1.82, 2.24) is 20.1 Å². The van der Waals surface area contributed by atoms with Crippen LogP contribution < -0.4 is 0 Å². The van der Waals surface area contributed by atoms with Gasteiger partial charge in [-0.2, -0.15) is 0 Å². The SMILES string of the molecule is c1ccc2c(Cc3nnc([C@H]4CCN(C5CCC5)C4)o3)c[nH]c2c1. The summed E-state index contributed by atoms with van der Waals surface area (Å²) in [6.07, 6.45) is 8.00. The van der Waals surface area contributed by atoms with E-state index < -0.39 is 0 Å². The Morgan fingerprint density at radius 2 is 2.08 bits per heavy atom. The predicted octanol–water partition coefficient (Wildman–Crippen LogP) is 3.48. The Balaban J connectivity index is 1.31. The molecule has 5 rings (SSSR count). The van der Waals surface area contributed by atoms with Crippen molar-refractivity contribution in [2.75, 3.05) is 13.1 Å². The summed E-state index contributed by atoms with van der Waals surface area (Å²) in [6.45, 7) is 2.26. The van der Waals surface area contributed by atoms with Gasteiger partial charge >= 0.3 is 0 Å². The first-order valence-corrected chi connectivity index (χ1v) is 8.98. The number of nitrogens with zero attached hydrogens (tertiary/aromatic N) is 3. The smallest absolute Gasteiger partial charge is 0.221 e. The zero-order valence-corrected chi connectivity index (χ0v) is 13.7. The summed E-state index contributed by atoms with van der Waals surface area (Å²) in [6, 6.07) is 9.13. The number of rotatable bonds is 4. The molecule has 1 aromatic carbocycles. The Kier molecular flexibility index (Phi) is 3.40. The number of benzene rings is 1. The molecule has 1 atom stereocenters. The number of hydrogen-bond acceptors (Lipinski definition) is 4. The number of para-hydroxylation sites is 1. The molecule has 2 aliphatic rings. The van der Waals surface area contributed by atoms with E-state index in [0.29, 0.717) is 12.3 Å². The van der Waals surface area contributed by atoms with Crippen LogP contribution in [0.5, 0.6) is 0 Å². The Hall–Kier alpha value is -2.14. The molecule has 0 bridgehead atoms. The fraction of sp³-hybridized carbons (Fsp3) is 0.474. The summed E-state index contributed by atoms with van der Waals surface area (Å²) in [5.41, 5.74) is 2.36. The summed E-state index contributed by atoms with van der Waals surface area (Å²) in [5.74, 6) is 1.96. The van der Waals surface area contributed by atoms with Crippen molar-refractivity contribution in [3.05, 3.63) is 47.8 Å². The number of aromatic amines is 1. The number of H-pyrrole nitrogens is 1. The molecule has 3 heterocycles. The topological polar surface area (TPSA) is 58.0 Å². The largest absolute Gasteiger partial charge is 0.425 e. The number of fused-ring (bicyclic) bond motifs is 1. The second-order valence-electron chi connectivity index (χ2n) is 7.14. The van der Waals surface area contributed by atoms with E-state index >= 15 is 0 Å². The van der Waals surface area contributed by atoms with Crippen molar-refractivity contribution in [3.63, 3.8) is 0 Å². The lowest BCUT2D eigenvalue weighted by atomic mass is 9.92. The number of likely N-dealkylation sites (tertiary alicyclic amines) is 1. The second-order valence-corrected chi connectivity index (χ2v) is 7.14. The molecule has 3 aromatic rings. The van der Waals surface area contributed by atoms with Crippen molar-refractivity contribution in [2.24, 2.45) is 0 Å². The van der Waals surface area contributed by atoms with Gasteiger partial charge in [0.2, 0.25) is 11.8 Å². The molecule has 0 unspecified atom stereocenters. The highest BCUT2D eigenvalue weighted by molar-refractivity contribution is 5.83. The van der Waals surface area contributed by atoms with Crippen LogP contribution in [-0.4, -0.2) is 39.2 Å². The minimum absolute atomic E-state index is 0.412. The lowest BCUT2D eigenvalue weighted by Gasteiger charge is -2.34. The van der Waals surface area contributed by atoms with E-state index in [1.165, 1.54) is 36.8 Å². The van der Waals surface area contributed by atoms with Crippen molar-refractivity contribution < 1.29 is 4.42 Å². The molecule has 1 aliphatic carbocycles. The fourth-order valence-corrected chi connectivity index (χ4v) is 4.02. The first-order valence-electron chi connectivity index (χ1n) is 8.98. The van der Waals surface area contributed by atoms with E-state index in [-0.39, 0.29) is 0 Å². The van der Waals surface area contributed by atoms with Gasteiger partial charge in [-0.3, -0.25) is 4.90 Å². The standard InChI is InChI=1S/C19H22N4O/c1-2-7-17-16(6-1)14(11-20-17)10-18-21-22-19(24-18)13-8-9-23(12-13)15-4-3-5-15/h1-2,6-7,11,13,15,20H,3-5,8-10,12H2/t13-/m0/s1. The lowest BCUT2D eigenvalue weighted by molar-refractivity contribution is 0.155. The summed E-state index contributed by atoms with van der Waals surface area (Å²) in [5, 5.41) is 9.87. The average molecular weight is 322 g/mol. The Bertz CT molecular complexity index is 848. The van der Waals surface area contributed by atoms with Gasteiger partial charge in [0.1, 0.15) is 0 Å². The first kappa shape index (κ1) is 14.2. The van der Waals surface area contributed by atoms with Gasteiger partial charge in [-0.15, -0.1) is 10.2 Å². The van der Waals surface area contributed by atoms with E-state index in [1.807, 2.05) is 12.3 Å². The van der Waals surface area contributed by atoms with Crippen LogP contribution in [0.25, 0.3) is 10.9 Å². The molecular formula is C19H22N4O. The van der Waals surface area contributed by atoms with Gasteiger partial charge in [-0.25, -0.2) is 0 Å². The van der Waals surface area contributed by atoms with Gasteiger partial charge in [-0.1, -0.05) is 24.6 Å². The molecule has 5 nitrogen and oxygen atoms in total. The van der Waals surface area contributed by atoms with Crippen LogP contribution in [-0.2, 0) is 6.42 Å². The Labute approximate surface area is 141 Å². The summed E-state index contributed by atoms with van der Waals surface area (Å²) >= 11 is 0. The number of hydrogen-bond donors (Lipinski definition) is 1. The molecule has 24 heavy (non-hydrogen) atoms. The van der Waals surface area contributed by atoms with E-state index in [9.17, 15) is 0 Å². The van der Waals surface area contributed by atoms with Crippen molar-refractivity contribution in [3.8, 4) is 0 Å². The minimum atomic E-state index is 0.412. The van der Waals surface area contributed by atoms with Crippen LogP contribution in [0.4, 0.5) is 0 Å². The lowest BCUT2D eigenvalue weighted by Crippen LogP contribution is -2.38. The molecule has 124 valence electrons. The first-order chi connectivity index (χ1) is 11.9. The van der Waals surface area contributed by atoms with Crippen molar-refractivity contribution >= 4 is 10.9 Å². The molecule has 5 heteroatoms. The maximum absolute atomic E-state index is 6.01. The average Bonchev–Trinajstić information content (AvgIpc) is 3.26. The Morgan fingerprint density at radius 3 is 2.96 bits per heavy atom. The Morgan fingerprint density at radius 1 is 1.17 bits per heavy atom. The molecular weight excluding hydrogens is 300 g/mol. The van der Waals surface area contributed by atoms with Crippen LogP contribution in [0.1, 0.15) is 48.9 Å². The highest BCUT2D eigenvalue weighted by Gasteiger charge is 2.34. The third-order valence-corrected chi connectivity index (χ3v) is 5.66. The monoisotopic (exact) mass is 322 g/mol. The summed E-state index contributed by atoms with van der Waals surface area (Å²) < 4.78 is 6.01. The number of aromatic nitrogens is 3. The highest BCUT2D eigenvalue weighted by Crippen LogP contribution is 2.33. The van der Waals surface area contributed by atoms with E-state index in [2.05, 4.69) is 38.3 Å². The molecule has 1 saturated heterocycles. The molecule has 2 fully saturated rings. The third kappa shape index (κ3) is 2.44. The quantitative estimate of drug-likeness (QED) is 0.799. The molecule has 1 saturated carbocycles. The van der Waals surface area contributed by atoms with Crippen LogP contribution in [0.3, 0.4) is 0 Å². The summed E-state index contributed by atoms with van der Waals surface area (Å²) in [7, 11) is 0. The van der Waals surface area contributed by atoms with Crippen LogP contribution in [0.2, 0.25) is 0 Å². The third-order valence-electron chi connectivity index (χ3n) is 5.66. The normalized spacial score (nSPS) is 22.2. The van der Waals surface area contributed by atoms with Gasteiger partial charge in [-0.05, 0) is 37.4 Å². The van der Waals surface area contributed by atoms with E-state index in [1.54, 1.807) is 0 Å². The predicted molar refractivity (Wildman–Crippen MR) is 92.0 cm³/mol. The molecule has 0 radical (unpaired) electrons. The molecule has 1 N–H and O–H groups in total. The van der Waals surface area contributed by atoms with Crippen molar-refractivity contribution in [2.45, 2.75) is 44.1 Å². The zero-order chi connectivity index (χ0) is 15.9. The molecule has 0 spiro atoms. The van der Waals surface area contributed by atoms with Gasteiger partial charge < -0.3 is 9.40 Å². The highest BCUT2D eigenvalue weighted by atomic mass is 16.4. The number of nitrogens with one attached hydrogen (secondary N) is 1. The van der Waals surface area contributed by atoms with Crippen LogP contribution >= 0.6 is 0 Å². The minimum Gasteiger partial charge on any atom is -0.425 e. The molecule has 0 amide bonds. The fourth-order valence-electron chi connectivity index (χ4n) is 4.02.